The van der Waals surface area contributed by atoms with Crippen LogP contribution >= 0.6 is 0 Å². The number of nitrogens with zero attached hydrogens (tertiary/aromatic N) is 1. The van der Waals surface area contributed by atoms with Gasteiger partial charge in [-0.3, -0.25) is 5.32 Å². The Balaban J connectivity index is 1.71. The fourth-order valence-corrected chi connectivity index (χ4v) is 2.31. The fourth-order valence-electron chi connectivity index (χ4n) is 2.31. The summed E-state index contributed by atoms with van der Waals surface area (Å²) in [6, 6.07) is 6.92. The summed E-state index contributed by atoms with van der Waals surface area (Å²) in [5.41, 5.74) is 1.99. The van der Waals surface area contributed by atoms with Gasteiger partial charge in [-0.05, 0) is 11.1 Å². The van der Waals surface area contributed by atoms with Gasteiger partial charge in [0.1, 0.15) is 6.26 Å². The van der Waals surface area contributed by atoms with Crippen molar-refractivity contribution in [2.24, 2.45) is 0 Å². The number of benzene rings is 1. The van der Waals surface area contributed by atoms with Crippen molar-refractivity contribution in [3.05, 3.63) is 47.9 Å². The van der Waals surface area contributed by atoms with Crippen molar-refractivity contribution < 1.29 is 14.3 Å². The predicted octanol–water partition coefficient (Wildman–Crippen LogP) is 1.45. The van der Waals surface area contributed by atoms with Gasteiger partial charge in [-0.25, -0.2) is 9.78 Å². The number of anilines is 1. The number of aromatic nitrogens is 1. The Hall–Kier alpha value is -2.34. The molecular formula is C13H13N3O3. The molecular weight excluding hydrogens is 246 g/mol. The molecule has 2 atom stereocenters. The smallest absolute Gasteiger partial charge is 0.323 e. The van der Waals surface area contributed by atoms with Gasteiger partial charge in [0.2, 0.25) is 0 Å². The van der Waals surface area contributed by atoms with Crippen molar-refractivity contribution in [3.63, 3.8) is 0 Å². The lowest BCUT2D eigenvalue weighted by Gasteiger charge is -2.17. The van der Waals surface area contributed by atoms with Crippen LogP contribution in [0.15, 0.2) is 41.1 Å². The zero-order chi connectivity index (χ0) is 13.2. The van der Waals surface area contributed by atoms with E-state index in [4.69, 9.17) is 4.42 Å². The molecule has 1 aliphatic carbocycles. The summed E-state index contributed by atoms with van der Waals surface area (Å²) in [6.45, 7) is 0. The van der Waals surface area contributed by atoms with Crippen molar-refractivity contribution in [3.8, 4) is 0 Å². The Morgan fingerprint density at radius 3 is 3.05 bits per heavy atom. The van der Waals surface area contributed by atoms with Crippen molar-refractivity contribution in [2.75, 3.05) is 5.32 Å². The topological polar surface area (TPSA) is 87.4 Å². The molecule has 19 heavy (non-hydrogen) atoms. The maximum atomic E-state index is 11.8. The second kappa shape index (κ2) is 4.74. The molecule has 0 saturated carbocycles. The molecule has 1 aromatic carbocycles. The number of hydrogen-bond donors (Lipinski definition) is 3. The Bertz CT molecular complexity index is 583. The highest BCUT2D eigenvalue weighted by Gasteiger charge is 2.31. The zero-order valence-electron chi connectivity index (χ0n) is 10.0. The average molecular weight is 259 g/mol. The van der Waals surface area contributed by atoms with Crippen molar-refractivity contribution >= 4 is 12.0 Å². The van der Waals surface area contributed by atoms with Crippen LogP contribution in [0.25, 0.3) is 0 Å². The van der Waals surface area contributed by atoms with Gasteiger partial charge in [-0.2, -0.15) is 0 Å². The minimum atomic E-state index is -0.618. The minimum Gasteiger partial charge on any atom is -0.432 e. The minimum absolute atomic E-state index is 0.123. The molecule has 1 aromatic heterocycles. The van der Waals surface area contributed by atoms with Gasteiger partial charge in [-0.1, -0.05) is 24.3 Å². The lowest BCUT2D eigenvalue weighted by molar-refractivity contribution is 0.144. The fraction of sp³-hybridized carbons (Fsp3) is 0.231. The van der Waals surface area contributed by atoms with E-state index in [-0.39, 0.29) is 6.01 Å². The van der Waals surface area contributed by atoms with Crippen LogP contribution in [-0.2, 0) is 6.42 Å². The highest BCUT2D eigenvalue weighted by atomic mass is 16.4. The molecule has 0 radical (unpaired) electrons. The van der Waals surface area contributed by atoms with Crippen LogP contribution in [0.2, 0.25) is 0 Å². The van der Waals surface area contributed by atoms with E-state index in [0.29, 0.717) is 6.42 Å². The number of aliphatic hydroxyl groups excluding tert-OH is 1. The van der Waals surface area contributed by atoms with Gasteiger partial charge < -0.3 is 14.8 Å². The third-order valence-corrected chi connectivity index (χ3v) is 3.14. The largest absolute Gasteiger partial charge is 0.432 e. The monoisotopic (exact) mass is 259 g/mol. The molecule has 2 aromatic rings. The van der Waals surface area contributed by atoms with Crippen molar-refractivity contribution in [1.82, 2.24) is 10.3 Å². The summed E-state index contributed by atoms with van der Waals surface area (Å²) < 4.78 is 4.92. The molecule has 2 unspecified atom stereocenters. The second-order valence-electron chi connectivity index (χ2n) is 4.38. The third kappa shape index (κ3) is 2.30. The SMILES string of the molecule is O=C(Nc1ncco1)NC1c2ccccc2CC1O. The molecule has 3 rings (SSSR count). The number of rotatable bonds is 2. The zero-order valence-corrected chi connectivity index (χ0v) is 10.0. The van der Waals surface area contributed by atoms with E-state index in [1.807, 2.05) is 24.3 Å². The van der Waals surface area contributed by atoms with E-state index in [9.17, 15) is 9.90 Å². The number of aliphatic hydroxyl groups is 1. The molecule has 1 aliphatic rings. The lowest BCUT2D eigenvalue weighted by Crippen LogP contribution is -2.36. The molecule has 98 valence electrons. The number of carbonyl (C=O) groups is 1. The van der Waals surface area contributed by atoms with Gasteiger partial charge in [0.05, 0.1) is 18.3 Å². The maximum Gasteiger partial charge on any atom is 0.323 e. The van der Waals surface area contributed by atoms with Gasteiger partial charge in [-0.15, -0.1) is 0 Å². The van der Waals surface area contributed by atoms with E-state index in [2.05, 4.69) is 15.6 Å². The maximum absolute atomic E-state index is 11.8. The van der Waals surface area contributed by atoms with Gasteiger partial charge in [0.25, 0.3) is 0 Å². The molecule has 3 N–H and O–H groups in total. The summed E-state index contributed by atoms with van der Waals surface area (Å²) in [5, 5.41) is 15.2. The van der Waals surface area contributed by atoms with Crippen LogP contribution in [0, 0.1) is 0 Å². The quantitative estimate of drug-likeness (QED) is 0.761. The van der Waals surface area contributed by atoms with Gasteiger partial charge >= 0.3 is 12.0 Å². The number of oxazole rings is 1. The Morgan fingerprint density at radius 1 is 1.42 bits per heavy atom. The van der Waals surface area contributed by atoms with E-state index in [1.165, 1.54) is 12.5 Å². The summed E-state index contributed by atoms with van der Waals surface area (Å²) in [4.78, 5) is 15.6. The molecule has 2 amide bonds. The first-order chi connectivity index (χ1) is 9.24. The van der Waals surface area contributed by atoms with Crippen LogP contribution in [0.5, 0.6) is 0 Å². The third-order valence-electron chi connectivity index (χ3n) is 3.14. The lowest BCUT2D eigenvalue weighted by atomic mass is 10.1. The molecule has 0 fully saturated rings. The van der Waals surface area contributed by atoms with E-state index < -0.39 is 18.2 Å². The summed E-state index contributed by atoms with van der Waals surface area (Å²) >= 11 is 0. The van der Waals surface area contributed by atoms with Crippen molar-refractivity contribution in [2.45, 2.75) is 18.6 Å². The number of carbonyl (C=O) groups excluding carboxylic acids is 1. The Kier molecular flexibility index (Phi) is 2.92. The van der Waals surface area contributed by atoms with Crippen LogP contribution < -0.4 is 10.6 Å². The van der Waals surface area contributed by atoms with Crippen LogP contribution in [0.4, 0.5) is 10.8 Å². The summed E-state index contributed by atoms with van der Waals surface area (Å²) in [6.07, 6.45) is 2.73. The first kappa shape index (κ1) is 11.7. The highest BCUT2D eigenvalue weighted by Crippen LogP contribution is 2.31. The Morgan fingerprint density at radius 2 is 2.26 bits per heavy atom. The molecule has 0 bridgehead atoms. The Labute approximate surface area is 109 Å². The first-order valence-electron chi connectivity index (χ1n) is 5.97. The van der Waals surface area contributed by atoms with Gasteiger partial charge in [0, 0.05) is 6.42 Å². The van der Waals surface area contributed by atoms with E-state index in [0.717, 1.165) is 11.1 Å². The number of fused-ring (bicyclic) bond motifs is 1. The summed E-state index contributed by atoms with van der Waals surface area (Å²) in [7, 11) is 0. The normalized spacial score (nSPS) is 20.9. The molecule has 0 spiro atoms. The molecule has 1 heterocycles. The molecule has 6 nitrogen and oxygen atoms in total. The number of amides is 2. The number of urea groups is 1. The predicted molar refractivity (Wildman–Crippen MR) is 67.6 cm³/mol. The van der Waals surface area contributed by atoms with Crippen molar-refractivity contribution in [1.29, 1.82) is 0 Å². The highest BCUT2D eigenvalue weighted by molar-refractivity contribution is 5.87. The second-order valence-corrected chi connectivity index (χ2v) is 4.38. The number of nitrogens with one attached hydrogen (secondary N) is 2. The van der Waals surface area contributed by atoms with E-state index in [1.54, 1.807) is 0 Å². The standard InChI is InChI=1S/C13H13N3O3/c17-10-7-8-3-1-2-4-9(8)11(10)15-12(18)16-13-14-5-6-19-13/h1-6,10-11,17H,7H2,(H2,14,15,16,18). The van der Waals surface area contributed by atoms with Crippen LogP contribution in [-0.4, -0.2) is 22.2 Å². The average Bonchev–Trinajstić information content (AvgIpc) is 2.99. The first-order valence-corrected chi connectivity index (χ1v) is 5.97. The summed E-state index contributed by atoms with van der Waals surface area (Å²) in [5.74, 6) is 0. The molecule has 0 aliphatic heterocycles. The van der Waals surface area contributed by atoms with E-state index >= 15 is 0 Å². The van der Waals surface area contributed by atoms with Crippen LogP contribution in [0.3, 0.4) is 0 Å². The molecule has 0 saturated heterocycles. The van der Waals surface area contributed by atoms with Gasteiger partial charge in [0.15, 0.2) is 0 Å². The van der Waals surface area contributed by atoms with Crippen LogP contribution in [0.1, 0.15) is 17.2 Å². The molecule has 6 heteroatoms. The number of hydrogen-bond acceptors (Lipinski definition) is 4.